The molecule has 0 aliphatic carbocycles. The van der Waals surface area contributed by atoms with Crippen LogP contribution in [0.4, 0.5) is 0 Å². The minimum absolute atomic E-state index is 0.168. The third-order valence-electron chi connectivity index (χ3n) is 1.56. The van der Waals surface area contributed by atoms with Gasteiger partial charge in [0, 0.05) is 12.6 Å². The summed E-state index contributed by atoms with van der Waals surface area (Å²) in [7, 11) is 1.61. The minimum Gasteiger partial charge on any atom is -0.460 e. The predicted molar refractivity (Wildman–Crippen MR) is 53.6 cm³/mol. The second kappa shape index (κ2) is 5.96. The minimum atomic E-state index is -0.440. The Balaban J connectivity index is 3.74. The van der Waals surface area contributed by atoms with Crippen molar-refractivity contribution in [3.05, 3.63) is 24.8 Å². The lowest BCUT2D eigenvalue weighted by Gasteiger charge is -2.14. The van der Waals surface area contributed by atoms with Gasteiger partial charge in [-0.3, -0.25) is 4.79 Å². The van der Waals surface area contributed by atoms with Gasteiger partial charge in [0.15, 0.2) is 0 Å². The van der Waals surface area contributed by atoms with Crippen LogP contribution in [0.15, 0.2) is 24.8 Å². The zero-order valence-corrected chi connectivity index (χ0v) is 8.58. The van der Waals surface area contributed by atoms with E-state index in [0.29, 0.717) is 12.1 Å². The molecule has 0 unspecified atom stereocenters. The van der Waals surface area contributed by atoms with Crippen molar-refractivity contribution >= 4 is 11.9 Å². The van der Waals surface area contributed by atoms with Crippen molar-refractivity contribution in [2.24, 2.45) is 0 Å². The van der Waals surface area contributed by atoms with Crippen molar-refractivity contribution in [2.75, 3.05) is 20.2 Å². The van der Waals surface area contributed by atoms with E-state index in [4.69, 9.17) is 4.74 Å². The van der Waals surface area contributed by atoms with E-state index in [2.05, 4.69) is 13.2 Å². The normalized spacial score (nSPS) is 9.00. The number of likely N-dealkylation sites (N-methyl/N-ethyl adjacent to an activating group) is 1. The van der Waals surface area contributed by atoms with Crippen molar-refractivity contribution in [1.82, 2.24) is 4.90 Å². The van der Waals surface area contributed by atoms with Gasteiger partial charge >= 0.3 is 5.97 Å². The van der Waals surface area contributed by atoms with Crippen LogP contribution in [-0.4, -0.2) is 37.0 Å². The van der Waals surface area contributed by atoms with Gasteiger partial charge in [-0.2, -0.15) is 0 Å². The molecule has 0 radical (unpaired) electrons. The zero-order valence-electron chi connectivity index (χ0n) is 8.58. The molecule has 0 heterocycles. The molecule has 0 aromatic rings. The van der Waals surface area contributed by atoms with Crippen molar-refractivity contribution < 1.29 is 14.3 Å². The number of rotatable bonds is 5. The summed E-state index contributed by atoms with van der Waals surface area (Å²) in [6.45, 7) is 8.86. The summed E-state index contributed by atoms with van der Waals surface area (Å²) in [5.74, 6) is -0.638. The number of hydrogen-bond donors (Lipinski definition) is 0. The molecule has 0 spiro atoms. The van der Waals surface area contributed by atoms with Crippen LogP contribution in [0.2, 0.25) is 0 Å². The van der Waals surface area contributed by atoms with E-state index >= 15 is 0 Å². The standard InChI is InChI=1S/C10H15NO3/c1-5-9(12)11(4)6-7-14-10(13)8(2)3/h5H,1-2,6-7H2,3-4H3. The molecule has 0 aliphatic rings. The molecule has 14 heavy (non-hydrogen) atoms. The van der Waals surface area contributed by atoms with Gasteiger partial charge in [-0.15, -0.1) is 0 Å². The van der Waals surface area contributed by atoms with Gasteiger partial charge in [0.05, 0.1) is 6.54 Å². The molecule has 4 heteroatoms. The van der Waals surface area contributed by atoms with Crippen molar-refractivity contribution in [3.8, 4) is 0 Å². The fraction of sp³-hybridized carbons (Fsp3) is 0.400. The Morgan fingerprint density at radius 1 is 1.50 bits per heavy atom. The van der Waals surface area contributed by atoms with E-state index in [1.165, 1.54) is 11.0 Å². The van der Waals surface area contributed by atoms with E-state index in [1.54, 1.807) is 14.0 Å². The van der Waals surface area contributed by atoms with Crippen LogP contribution in [0.1, 0.15) is 6.92 Å². The summed E-state index contributed by atoms with van der Waals surface area (Å²) in [6, 6.07) is 0. The van der Waals surface area contributed by atoms with Crippen molar-refractivity contribution in [2.45, 2.75) is 6.92 Å². The van der Waals surface area contributed by atoms with Gasteiger partial charge in [0.2, 0.25) is 5.91 Å². The van der Waals surface area contributed by atoms with Gasteiger partial charge < -0.3 is 9.64 Å². The lowest BCUT2D eigenvalue weighted by Crippen LogP contribution is -2.29. The molecular formula is C10H15NO3. The molecule has 0 saturated carbocycles. The number of carbonyl (C=O) groups is 2. The van der Waals surface area contributed by atoms with Crippen LogP contribution < -0.4 is 0 Å². The first-order valence-corrected chi connectivity index (χ1v) is 4.19. The molecule has 0 bridgehead atoms. The Kier molecular flexibility index (Phi) is 5.29. The van der Waals surface area contributed by atoms with Gasteiger partial charge in [-0.05, 0) is 13.0 Å². The topological polar surface area (TPSA) is 46.6 Å². The predicted octanol–water partition coefficient (Wildman–Crippen LogP) is 0.750. The fourth-order valence-electron chi connectivity index (χ4n) is 0.665. The largest absolute Gasteiger partial charge is 0.460 e. The second-order valence-corrected chi connectivity index (χ2v) is 2.88. The zero-order chi connectivity index (χ0) is 11.1. The van der Waals surface area contributed by atoms with E-state index in [1.807, 2.05) is 0 Å². The van der Waals surface area contributed by atoms with Crippen LogP contribution in [0, 0.1) is 0 Å². The lowest BCUT2D eigenvalue weighted by atomic mass is 10.4. The smallest absolute Gasteiger partial charge is 0.333 e. The first kappa shape index (κ1) is 12.4. The summed E-state index contributed by atoms with van der Waals surface area (Å²) in [4.78, 5) is 23.3. The Labute approximate surface area is 83.8 Å². The third-order valence-corrected chi connectivity index (χ3v) is 1.56. The molecular weight excluding hydrogens is 182 g/mol. The summed E-state index contributed by atoms with van der Waals surface area (Å²) >= 11 is 0. The molecule has 78 valence electrons. The van der Waals surface area contributed by atoms with Crippen LogP contribution in [0.5, 0.6) is 0 Å². The Morgan fingerprint density at radius 2 is 2.07 bits per heavy atom. The third kappa shape index (κ3) is 4.45. The number of hydrogen-bond acceptors (Lipinski definition) is 3. The molecule has 0 atom stereocenters. The Morgan fingerprint density at radius 3 is 2.50 bits per heavy atom. The Bertz CT molecular complexity index is 258. The van der Waals surface area contributed by atoms with Crippen LogP contribution >= 0.6 is 0 Å². The van der Waals surface area contributed by atoms with Crippen molar-refractivity contribution in [1.29, 1.82) is 0 Å². The summed E-state index contributed by atoms with van der Waals surface area (Å²) in [5.41, 5.74) is 0.350. The second-order valence-electron chi connectivity index (χ2n) is 2.88. The number of carbonyl (C=O) groups excluding carboxylic acids is 2. The van der Waals surface area contributed by atoms with Crippen LogP contribution in [-0.2, 0) is 14.3 Å². The molecule has 0 aliphatic heterocycles. The number of amides is 1. The average molecular weight is 197 g/mol. The maximum Gasteiger partial charge on any atom is 0.333 e. The summed E-state index contributed by atoms with van der Waals surface area (Å²) in [5, 5.41) is 0. The summed E-state index contributed by atoms with van der Waals surface area (Å²) in [6.07, 6.45) is 1.21. The maximum absolute atomic E-state index is 11.0. The highest BCUT2D eigenvalue weighted by Gasteiger charge is 2.06. The molecule has 0 aromatic heterocycles. The summed E-state index contributed by atoms with van der Waals surface area (Å²) < 4.78 is 4.80. The van der Waals surface area contributed by atoms with Gasteiger partial charge in [-0.1, -0.05) is 13.2 Å². The molecule has 0 N–H and O–H groups in total. The number of ether oxygens (including phenoxy) is 1. The highest BCUT2D eigenvalue weighted by Crippen LogP contribution is 1.93. The SMILES string of the molecule is C=CC(=O)N(C)CCOC(=O)C(=C)C. The number of esters is 1. The first-order chi connectivity index (χ1) is 6.49. The average Bonchev–Trinajstić information content (AvgIpc) is 2.15. The monoisotopic (exact) mass is 197 g/mol. The maximum atomic E-state index is 11.0. The molecule has 0 fully saturated rings. The molecule has 0 aromatic carbocycles. The molecule has 0 saturated heterocycles. The van der Waals surface area contributed by atoms with Gasteiger partial charge in [-0.25, -0.2) is 4.79 Å². The van der Waals surface area contributed by atoms with Gasteiger partial charge in [0.1, 0.15) is 6.61 Å². The van der Waals surface area contributed by atoms with Crippen molar-refractivity contribution in [3.63, 3.8) is 0 Å². The molecule has 0 rings (SSSR count). The lowest BCUT2D eigenvalue weighted by molar-refractivity contribution is -0.140. The molecule has 1 amide bonds. The van der Waals surface area contributed by atoms with E-state index in [9.17, 15) is 9.59 Å². The fourth-order valence-corrected chi connectivity index (χ4v) is 0.665. The van der Waals surface area contributed by atoms with Gasteiger partial charge in [0.25, 0.3) is 0 Å². The number of nitrogens with zero attached hydrogens (tertiary/aromatic N) is 1. The van der Waals surface area contributed by atoms with Crippen LogP contribution in [0.25, 0.3) is 0 Å². The van der Waals surface area contributed by atoms with E-state index in [0.717, 1.165) is 0 Å². The first-order valence-electron chi connectivity index (χ1n) is 4.19. The molecule has 4 nitrogen and oxygen atoms in total. The Hall–Kier alpha value is -1.58. The quantitative estimate of drug-likeness (QED) is 0.482. The highest BCUT2D eigenvalue weighted by molar-refractivity contribution is 5.87. The van der Waals surface area contributed by atoms with E-state index in [-0.39, 0.29) is 12.5 Å². The van der Waals surface area contributed by atoms with E-state index < -0.39 is 5.97 Å². The van der Waals surface area contributed by atoms with Crippen LogP contribution in [0.3, 0.4) is 0 Å². The highest BCUT2D eigenvalue weighted by atomic mass is 16.5.